The first-order valence-electron chi connectivity index (χ1n) is 18.6. The Balaban J connectivity index is 1.64. The number of aliphatic carboxylic acids is 1. The summed E-state index contributed by atoms with van der Waals surface area (Å²) in [6.07, 6.45) is 8.31. The number of carboxylic acids is 1. The maximum atomic E-state index is 13.6. The van der Waals surface area contributed by atoms with Crippen LogP contribution in [-0.2, 0) is 55.5 Å². The standard InChI is InChI=1S/C40H48N2O13S3/c1-6-55-37(45)40(36(43)44)25-27(13-17-34-38(2,3)30-11-7-8-12-32(30)41(34)19-9-21-56(46,47)48)23-28(26-40)14-18-35-39(4,5)31-24-29(58(52,53)54)15-16-33(31)42(35)20-10-22-57(49,50)51/h7-8,11-18,23-24H,6,9-10,19-22,25-26H2,1-5H3,(H3-,43,44,46,47,48,49,50,51,52,53,54)/p+1. The SMILES string of the molecule is CCOC(=O)C1(C(=O)O)CC(=CC=C2N(CCCS(=O)(=O)O)c3ccc(S(=O)(=O)O)cc3C2(C)C)C=C(C=CC2=[N+](CCCS(=O)(=O)O)c3ccccc3C2(C)C)C1. The molecular formula is C40H49N2O13S3+. The first-order valence-corrected chi connectivity index (χ1v) is 23.2. The lowest BCUT2D eigenvalue weighted by Crippen LogP contribution is -2.42. The molecule has 0 fully saturated rings. The van der Waals surface area contributed by atoms with E-state index in [2.05, 4.69) is 0 Å². The summed E-state index contributed by atoms with van der Waals surface area (Å²) >= 11 is 0. The van der Waals surface area contributed by atoms with Crippen LogP contribution in [0.4, 0.5) is 11.4 Å². The van der Waals surface area contributed by atoms with E-state index in [-0.39, 0.29) is 50.3 Å². The van der Waals surface area contributed by atoms with Crippen molar-refractivity contribution in [2.24, 2.45) is 5.41 Å². The van der Waals surface area contributed by atoms with Crippen molar-refractivity contribution in [1.82, 2.24) is 0 Å². The van der Waals surface area contributed by atoms with Gasteiger partial charge in [-0.1, -0.05) is 50.3 Å². The number of benzene rings is 2. The molecule has 3 aliphatic rings. The summed E-state index contributed by atoms with van der Waals surface area (Å²) in [4.78, 5) is 28.1. The fourth-order valence-electron chi connectivity index (χ4n) is 8.09. The minimum Gasteiger partial charge on any atom is -0.480 e. The molecule has 58 heavy (non-hydrogen) atoms. The van der Waals surface area contributed by atoms with Crippen LogP contribution >= 0.6 is 0 Å². The Bertz CT molecular complexity index is 2510. The molecule has 0 bridgehead atoms. The molecule has 0 radical (unpaired) electrons. The Hall–Kier alpha value is -4.46. The molecule has 1 unspecified atom stereocenters. The first-order chi connectivity index (χ1) is 26.8. The molecule has 2 aliphatic heterocycles. The number of hydrogen-bond acceptors (Lipinski definition) is 10. The minimum atomic E-state index is -4.58. The first kappa shape index (κ1) is 44.6. The van der Waals surface area contributed by atoms with E-state index in [1.807, 2.05) is 48.8 Å². The van der Waals surface area contributed by atoms with Gasteiger partial charge in [0.1, 0.15) is 6.54 Å². The van der Waals surface area contributed by atoms with E-state index in [0.717, 1.165) is 17.0 Å². The molecule has 5 rings (SSSR count). The van der Waals surface area contributed by atoms with E-state index < -0.39 is 70.0 Å². The van der Waals surface area contributed by atoms with Crippen LogP contribution < -0.4 is 4.90 Å². The van der Waals surface area contributed by atoms with Crippen molar-refractivity contribution in [1.29, 1.82) is 0 Å². The molecule has 0 aromatic heterocycles. The fraction of sp³-hybridized carbons (Fsp3) is 0.425. The summed E-state index contributed by atoms with van der Waals surface area (Å²) in [6, 6.07) is 11.7. The van der Waals surface area contributed by atoms with Gasteiger partial charge in [-0.15, -0.1) is 0 Å². The topological polar surface area (TPSA) is 233 Å². The number of hydrogen-bond donors (Lipinski definition) is 4. The number of ether oxygens (including phenoxy) is 1. The number of rotatable bonds is 15. The van der Waals surface area contributed by atoms with Gasteiger partial charge in [-0.25, -0.2) is 0 Å². The molecule has 0 saturated heterocycles. The Labute approximate surface area is 339 Å². The van der Waals surface area contributed by atoms with Crippen LogP contribution in [0.15, 0.2) is 94.6 Å². The van der Waals surface area contributed by atoms with Crippen LogP contribution in [0.25, 0.3) is 0 Å². The molecule has 2 aromatic rings. The van der Waals surface area contributed by atoms with Gasteiger partial charge in [0.25, 0.3) is 30.4 Å². The fourth-order valence-corrected chi connectivity index (χ4v) is 9.58. The highest BCUT2D eigenvalue weighted by molar-refractivity contribution is 7.86. The molecule has 0 saturated carbocycles. The van der Waals surface area contributed by atoms with E-state index in [0.29, 0.717) is 28.1 Å². The molecule has 4 N–H and O–H groups in total. The second-order valence-corrected chi connectivity index (χ2v) is 20.3. The molecule has 0 spiro atoms. The summed E-state index contributed by atoms with van der Waals surface area (Å²) < 4.78 is 106. The highest BCUT2D eigenvalue weighted by Gasteiger charge is 2.50. The van der Waals surface area contributed by atoms with Crippen molar-refractivity contribution in [2.45, 2.75) is 76.0 Å². The number of carboxylic acid groups (broad SMARTS) is 1. The summed E-state index contributed by atoms with van der Waals surface area (Å²) in [5.74, 6) is -3.31. The third-order valence-electron chi connectivity index (χ3n) is 10.9. The smallest absolute Gasteiger partial charge is 0.324 e. The van der Waals surface area contributed by atoms with Gasteiger partial charge in [0.05, 0.1) is 28.4 Å². The quantitative estimate of drug-likeness (QED) is 0.0762. The van der Waals surface area contributed by atoms with Crippen LogP contribution in [0.5, 0.6) is 0 Å². The van der Waals surface area contributed by atoms with Crippen molar-refractivity contribution in [3.05, 3.63) is 101 Å². The maximum Gasteiger partial charge on any atom is 0.324 e. The average molecular weight is 862 g/mol. The molecule has 1 aliphatic carbocycles. The van der Waals surface area contributed by atoms with Gasteiger partial charge in [-0.2, -0.15) is 29.8 Å². The molecule has 2 heterocycles. The van der Waals surface area contributed by atoms with Crippen molar-refractivity contribution >= 4 is 59.4 Å². The predicted molar refractivity (Wildman–Crippen MR) is 217 cm³/mol. The van der Waals surface area contributed by atoms with Crippen LogP contribution in [0, 0.1) is 5.41 Å². The van der Waals surface area contributed by atoms with E-state index >= 15 is 0 Å². The molecule has 314 valence electrons. The highest BCUT2D eigenvalue weighted by atomic mass is 32.2. The number of nitrogens with zero attached hydrogens (tertiary/aromatic N) is 2. The Morgan fingerprint density at radius 3 is 2.12 bits per heavy atom. The summed E-state index contributed by atoms with van der Waals surface area (Å²) in [6.45, 7) is 9.46. The summed E-state index contributed by atoms with van der Waals surface area (Å²) in [5, 5.41) is 10.7. The van der Waals surface area contributed by atoms with Gasteiger partial charge in [0.15, 0.2) is 11.1 Å². The highest BCUT2D eigenvalue weighted by Crippen LogP contribution is 2.49. The number of esters is 1. The van der Waals surface area contributed by atoms with E-state index in [4.69, 9.17) is 4.74 Å². The monoisotopic (exact) mass is 861 g/mol. The third kappa shape index (κ3) is 9.37. The molecular weight excluding hydrogens is 813 g/mol. The Kier molecular flexibility index (Phi) is 12.5. The zero-order chi connectivity index (χ0) is 43.1. The maximum absolute atomic E-state index is 13.6. The predicted octanol–water partition coefficient (Wildman–Crippen LogP) is 5.38. The van der Waals surface area contributed by atoms with Gasteiger partial charge >= 0.3 is 11.9 Å². The Morgan fingerprint density at radius 1 is 0.845 bits per heavy atom. The van der Waals surface area contributed by atoms with Crippen LogP contribution in [0.2, 0.25) is 0 Å². The molecule has 1 atom stereocenters. The molecule has 15 nitrogen and oxygen atoms in total. The number of carbonyl (C=O) groups excluding carboxylic acids is 1. The number of para-hydroxylation sites is 1. The zero-order valence-electron chi connectivity index (χ0n) is 32.9. The lowest BCUT2D eigenvalue weighted by molar-refractivity contribution is -0.437. The number of allylic oxidation sites excluding steroid dienone is 8. The van der Waals surface area contributed by atoms with Crippen molar-refractivity contribution in [3.8, 4) is 0 Å². The second-order valence-electron chi connectivity index (χ2n) is 15.7. The van der Waals surface area contributed by atoms with Gasteiger partial charge in [-0.05, 0) is 81.0 Å². The van der Waals surface area contributed by atoms with E-state index in [1.165, 1.54) is 18.2 Å². The van der Waals surface area contributed by atoms with Crippen molar-refractivity contribution < 1.29 is 62.9 Å². The lowest BCUT2D eigenvalue weighted by Gasteiger charge is -2.32. The Morgan fingerprint density at radius 2 is 1.50 bits per heavy atom. The van der Waals surface area contributed by atoms with E-state index in [9.17, 15) is 53.6 Å². The number of carbonyl (C=O) groups is 2. The van der Waals surface area contributed by atoms with Crippen molar-refractivity contribution in [3.63, 3.8) is 0 Å². The minimum absolute atomic E-state index is 0.00593. The largest absolute Gasteiger partial charge is 0.480 e. The number of fused-ring (bicyclic) bond motifs is 2. The summed E-state index contributed by atoms with van der Waals surface area (Å²) in [7, 11) is -13.1. The van der Waals surface area contributed by atoms with Crippen LogP contribution in [0.3, 0.4) is 0 Å². The van der Waals surface area contributed by atoms with Crippen molar-refractivity contribution in [2.75, 3.05) is 36.1 Å². The van der Waals surface area contributed by atoms with Gasteiger partial charge in [-0.3, -0.25) is 23.2 Å². The van der Waals surface area contributed by atoms with Gasteiger partial charge < -0.3 is 14.7 Å². The average Bonchev–Trinajstić information content (AvgIpc) is 3.46. The van der Waals surface area contributed by atoms with Gasteiger partial charge in [0, 0.05) is 47.5 Å². The molecule has 18 heteroatoms. The molecule has 0 amide bonds. The van der Waals surface area contributed by atoms with Crippen LogP contribution in [0.1, 0.15) is 71.4 Å². The van der Waals surface area contributed by atoms with Crippen LogP contribution in [-0.4, -0.2) is 97.4 Å². The van der Waals surface area contributed by atoms with Gasteiger partial charge in [0.2, 0.25) is 5.69 Å². The lowest BCUT2D eigenvalue weighted by atomic mass is 9.71. The molecule has 2 aromatic carbocycles. The third-order valence-corrected chi connectivity index (χ3v) is 13.4. The zero-order valence-corrected chi connectivity index (χ0v) is 35.3. The normalized spacial score (nSPS) is 21.7. The van der Waals surface area contributed by atoms with E-state index in [1.54, 1.807) is 50.0 Å². The number of anilines is 1. The summed E-state index contributed by atoms with van der Waals surface area (Å²) in [5.41, 5.74) is 1.57. The second kappa shape index (κ2) is 16.3.